The Morgan fingerprint density at radius 3 is 2.16 bits per heavy atom. The first-order chi connectivity index (χ1) is 8.81. The highest BCUT2D eigenvalue weighted by Gasteiger charge is 2.20. The summed E-state index contributed by atoms with van der Waals surface area (Å²) in [5.74, 6) is 0.340. The van der Waals surface area contributed by atoms with Gasteiger partial charge in [0.25, 0.3) is 0 Å². The quantitative estimate of drug-likeness (QED) is 0.844. The molecular weight excluding hydrogens is 260 g/mol. The van der Waals surface area contributed by atoms with Gasteiger partial charge in [-0.15, -0.1) is 0 Å². The van der Waals surface area contributed by atoms with Crippen molar-refractivity contribution in [2.45, 2.75) is 39.0 Å². The van der Waals surface area contributed by atoms with Gasteiger partial charge < -0.3 is 5.32 Å². The van der Waals surface area contributed by atoms with Gasteiger partial charge in [-0.1, -0.05) is 20.3 Å². The Labute approximate surface area is 116 Å². The molecular formula is C14H24N2O2S. The first kappa shape index (κ1) is 16.0. The topological polar surface area (TPSA) is 58.2 Å². The molecule has 4 nitrogen and oxygen atoms in total. The monoisotopic (exact) mass is 284 g/mol. The predicted molar refractivity (Wildman–Crippen MR) is 80.1 cm³/mol. The van der Waals surface area contributed by atoms with E-state index in [2.05, 4.69) is 17.0 Å². The van der Waals surface area contributed by atoms with Crippen LogP contribution in [-0.4, -0.2) is 22.0 Å². The van der Waals surface area contributed by atoms with Gasteiger partial charge in [0.15, 0.2) is 0 Å². The maximum Gasteiger partial charge on any atom is 0.241 e. The second-order valence-corrected chi connectivity index (χ2v) is 6.76. The molecule has 0 saturated carbocycles. The number of rotatable bonds is 6. The molecule has 1 aromatic rings. The van der Waals surface area contributed by atoms with Crippen LogP contribution >= 0.6 is 0 Å². The summed E-state index contributed by atoms with van der Waals surface area (Å²) in [6.07, 6.45) is 0.958. The van der Waals surface area contributed by atoms with Gasteiger partial charge in [-0.2, -0.15) is 0 Å². The van der Waals surface area contributed by atoms with Gasteiger partial charge in [0, 0.05) is 19.3 Å². The van der Waals surface area contributed by atoms with E-state index >= 15 is 0 Å². The predicted octanol–water partition coefficient (Wildman–Crippen LogP) is 2.67. The Morgan fingerprint density at radius 2 is 1.74 bits per heavy atom. The van der Waals surface area contributed by atoms with Crippen LogP contribution in [0.1, 0.15) is 31.4 Å². The summed E-state index contributed by atoms with van der Waals surface area (Å²) in [7, 11) is -1.61. The minimum absolute atomic E-state index is 0.340. The number of benzene rings is 1. The van der Waals surface area contributed by atoms with Crippen molar-refractivity contribution >= 4 is 15.7 Å². The van der Waals surface area contributed by atoms with Crippen LogP contribution in [0.4, 0.5) is 5.69 Å². The van der Waals surface area contributed by atoms with Gasteiger partial charge in [0.05, 0.1) is 4.90 Å². The lowest BCUT2D eigenvalue weighted by Gasteiger charge is -2.15. The summed E-state index contributed by atoms with van der Waals surface area (Å²) in [6, 6.07) is 3.70. The summed E-state index contributed by atoms with van der Waals surface area (Å²) in [5, 5.41) is 3.03. The summed E-state index contributed by atoms with van der Waals surface area (Å²) in [6.45, 7) is 8.21. The molecule has 0 saturated heterocycles. The van der Waals surface area contributed by atoms with E-state index in [0.717, 1.165) is 23.2 Å². The molecule has 0 aromatic heterocycles. The number of anilines is 1. The number of sulfonamides is 1. The lowest BCUT2D eigenvalue weighted by molar-refractivity contribution is 0.528. The molecule has 0 fully saturated rings. The molecule has 1 aromatic carbocycles. The van der Waals surface area contributed by atoms with Gasteiger partial charge in [-0.05, 0) is 43.0 Å². The molecule has 108 valence electrons. The van der Waals surface area contributed by atoms with Crippen molar-refractivity contribution in [2.75, 3.05) is 18.9 Å². The Kier molecular flexibility index (Phi) is 5.38. The first-order valence-electron chi connectivity index (χ1n) is 6.60. The number of nitrogens with one attached hydrogen (secondary N) is 2. The van der Waals surface area contributed by atoms with Crippen molar-refractivity contribution in [1.29, 1.82) is 0 Å². The van der Waals surface area contributed by atoms with E-state index in [1.807, 2.05) is 40.0 Å². The van der Waals surface area contributed by atoms with Gasteiger partial charge >= 0.3 is 0 Å². The van der Waals surface area contributed by atoms with E-state index in [-0.39, 0.29) is 0 Å². The molecule has 0 radical (unpaired) electrons. The van der Waals surface area contributed by atoms with Gasteiger partial charge in [0.2, 0.25) is 10.0 Å². The maximum atomic E-state index is 12.4. The number of hydrogen-bond donors (Lipinski definition) is 2. The minimum atomic E-state index is -3.43. The normalized spacial score (nSPS) is 13.3. The second kappa shape index (κ2) is 6.39. The average Bonchev–Trinajstić information content (AvgIpc) is 2.34. The van der Waals surface area contributed by atoms with E-state index in [4.69, 9.17) is 0 Å². The fourth-order valence-electron chi connectivity index (χ4n) is 1.99. The summed E-state index contributed by atoms with van der Waals surface area (Å²) in [5.41, 5.74) is 2.46. The molecule has 5 heteroatoms. The van der Waals surface area contributed by atoms with Crippen molar-refractivity contribution in [3.05, 3.63) is 23.3 Å². The third-order valence-electron chi connectivity index (χ3n) is 3.34. The maximum absolute atomic E-state index is 12.4. The molecule has 1 unspecified atom stereocenters. The molecule has 0 aliphatic heterocycles. The largest absolute Gasteiger partial charge is 0.388 e. The summed E-state index contributed by atoms with van der Waals surface area (Å²) in [4.78, 5) is 0.398. The van der Waals surface area contributed by atoms with Crippen LogP contribution in [0.25, 0.3) is 0 Å². The van der Waals surface area contributed by atoms with Crippen molar-refractivity contribution in [2.24, 2.45) is 5.92 Å². The fraction of sp³-hybridized carbons (Fsp3) is 0.571. The molecule has 1 atom stereocenters. The zero-order chi connectivity index (χ0) is 14.6. The third-order valence-corrected chi connectivity index (χ3v) is 5.06. The van der Waals surface area contributed by atoms with Crippen LogP contribution < -0.4 is 10.0 Å². The Hall–Kier alpha value is -1.07. The number of hydrogen-bond acceptors (Lipinski definition) is 3. The zero-order valence-corrected chi connectivity index (χ0v) is 13.2. The van der Waals surface area contributed by atoms with Gasteiger partial charge in [-0.25, -0.2) is 13.1 Å². The van der Waals surface area contributed by atoms with Crippen LogP contribution in [0.5, 0.6) is 0 Å². The lowest BCUT2D eigenvalue weighted by Crippen LogP contribution is -2.29. The standard InChI is InChI=1S/C14H24N2O2S/c1-6-10(2)9-16-19(17,18)14-11(3)7-13(15-5)8-12(14)4/h7-8,10,15-16H,6,9H2,1-5H3. The van der Waals surface area contributed by atoms with Crippen LogP contribution in [0, 0.1) is 19.8 Å². The molecule has 0 amide bonds. The Balaban J connectivity index is 3.08. The Bertz CT molecular complexity index is 515. The molecule has 1 rings (SSSR count). The first-order valence-corrected chi connectivity index (χ1v) is 8.08. The highest BCUT2D eigenvalue weighted by atomic mass is 32.2. The van der Waals surface area contributed by atoms with Crippen LogP contribution in [0.2, 0.25) is 0 Å². The Morgan fingerprint density at radius 1 is 1.21 bits per heavy atom. The van der Waals surface area contributed by atoms with Crippen LogP contribution in [0.15, 0.2) is 17.0 Å². The summed E-state index contributed by atoms with van der Waals surface area (Å²) >= 11 is 0. The molecule has 0 heterocycles. The summed E-state index contributed by atoms with van der Waals surface area (Å²) < 4.78 is 27.4. The SMILES string of the molecule is CCC(C)CNS(=O)(=O)c1c(C)cc(NC)cc1C. The van der Waals surface area contributed by atoms with Crippen molar-refractivity contribution in [3.8, 4) is 0 Å². The van der Waals surface area contributed by atoms with E-state index in [9.17, 15) is 8.42 Å². The van der Waals surface area contributed by atoms with E-state index in [1.54, 1.807) is 0 Å². The molecule has 0 aliphatic rings. The van der Waals surface area contributed by atoms with Crippen molar-refractivity contribution in [1.82, 2.24) is 4.72 Å². The van der Waals surface area contributed by atoms with Crippen molar-refractivity contribution in [3.63, 3.8) is 0 Å². The van der Waals surface area contributed by atoms with Gasteiger partial charge in [0.1, 0.15) is 0 Å². The fourth-order valence-corrected chi connectivity index (χ4v) is 3.60. The molecule has 2 N–H and O–H groups in total. The van der Waals surface area contributed by atoms with Crippen LogP contribution in [0.3, 0.4) is 0 Å². The number of aryl methyl sites for hydroxylation is 2. The highest BCUT2D eigenvalue weighted by Crippen LogP contribution is 2.24. The lowest BCUT2D eigenvalue weighted by atomic mass is 10.1. The average molecular weight is 284 g/mol. The zero-order valence-electron chi connectivity index (χ0n) is 12.4. The molecule has 0 bridgehead atoms. The minimum Gasteiger partial charge on any atom is -0.388 e. The highest BCUT2D eigenvalue weighted by molar-refractivity contribution is 7.89. The van der Waals surface area contributed by atoms with Gasteiger partial charge in [-0.3, -0.25) is 0 Å². The third kappa shape index (κ3) is 3.94. The molecule has 0 spiro atoms. The van der Waals surface area contributed by atoms with E-state index in [1.165, 1.54) is 0 Å². The molecule has 0 aliphatic carbocycles. The smallest absolute Gasteiger partial charge is 0.241 e. The van der Waals surface area contributed by atoms with Crippen LogP contribution in [-0.2, 0) is 10.0 Å². The van der Waals surface area contributed by atoms with E-state index in [0.29, 0.717) is 17.4 Å². The molecule has 19 heavy (non-hydrogen) atoms. The van der Waals surface area contributed by atoms with Crippen molar-refractivity contribution < 1.29 is 8.42 Å². The van der Waals surface area contributed by atoms with E-state index < -0.39 is 10.0 Å². The second-order valence-electron chi connectivity index (χ2n) is 5.05.